The van der Waals surface area contributed by atoms with Gasteiger partial charge in [0.1, 0.15) is 11.5 Å². The fourth-order valence-electron chi connectivity index (χ4n) is 2.57. The number of halogens is 3. The maximum atomic E-state index is 15.9. The van der Waals surface area contributed by atoms with E-state index >= 15 is 4.39 Å². The second kappa shape index (κ2) is 8.97. The molecule has 1 aromatic heterocycles. The second-order valence-corrected chi connectivity index (χ2v) is 6.60. The summed E-state index contributed by atoms with van der Waals surface area (Å²) in [5.41, 5.74) is -3.21. The number of hydrogen-bond acceptors (Lipinski definition) is 3. The van der Waals surface area contributed by atoms with E-state index in [1.165, 1.54) is 13.0 Å². The summed E-state index contributed by atoms with van der Waals surface area (Å²) < 4.78 is 94.2. The zero-order valence-electron chi connectivity index (χ0n) is 23.0. The first-order valence-corrected chi connectivity index (χ1v) is 8.89. The minimum Gasteiger partial charge on any atom is -0.338 e. The number of piperidine rings is 1. The van der Waals surface area contributed by atoms with Gasteiger partial charge in [-0.25, -0.2) is 8.78 Å². The van der Waals surface area contributed by atoms with Crippen LogP contribution in [0.4, 0.5) is 8.78 Å². The third kappa shape index (κ3) is 5.06. The van der Waals surface area contributed by atoms with Crippen LogP contribution in [0.25, 0.3) is 0 Å². The Hall–Kier alpha value is -2.05. The van der Waals surface area contributed by atoms with E-state index < -0.39 is 62.6 Å². The van der Waals surface area contributed by atoms with Gasteiger partial charge in [0.2, 0.25) is 0 Å². The Morgan fingerprint density at radius 1 is 1.43 bits per heavy atom. The number of benzene rings is 1. The van der Waals surface area contributed by atoms with Crippen molar-refractivity contribution in [1.29, 1.82) is 0 Å². The van der Waals surface area contributed by atoms with Crippen LogP contribution >= 0.6 is 11.6 Å². The molecule has 1 N–H and O–H groups in total. The lowest BCUT2D eigenvalue weighted by atomic mass is 9.92. The van der Waals surface area contributed by atoms with Crippen molar-refractivity contribution < 1.29 is 24.5 Å². The van der Waals surface area contributed by atoms with E-state index in [1.807, 2.05) is 5.32 Å². The summed E-state index contributed by atoms with van der Waals surface area (Å²) >= 11 is 5.70. The van der Waals surface area contributed by atoms with Crippen LogP contribution < -0.4 is 5.32 Å². The van der Waals surface area contributed by atoms with Crippen molar-refractivity contribution in [2.24, 2.45) is 0 Å². The third-order valence-corrected chi connectivity index (χ3v) is 4.51. The maximum absolute atomic E-state index is 15.9. The molecule has 0 saturated carbocycles. The topological polar surface area (TPSA) is 45.2 Å². The van der Waals surface area contributed by atoms with Crippen LogP contribution in [0.3, 0.4) is 0 Å². The van der Waals surface area contributed by atoms with Gasteiger partial charge < -0.3 is 10.2 Å². The zero-order valence-corrected chi connectivity index (χ0v) is 15.8. The maximum Gasteiger partial charge on any atom is 0.253 e. The Bertz CT molecular complexity index is 1150. The molecule has 1 atom stereocenters. The molecule has 1 aliphatic heterocycles. The minimum atomic E-state index is -3.10. The monoisotopic (exact) mass is 415 g/mol. The SMILES string of the molecule is [2H]C([2H])(C)c1ccc(C([2H])([2H])NC([2H])([2H])C2(F)CCN(C(=O)c3ccc(F)c(Cl)c3)C([2H])([2H])C2)nc1. The van der Waals surface area contributed by atoms with Gasteiger partial charge in [-0.2, -0.15) is 0 Å². The minimum absolute atomic E-state index is 0.125. The van der Waals surface area contributed by atoms with Crippen molar-refractivity contribution in [2.45, 2.75) is 38.3 Å². The molecule has 2 aromatic rings. The van der Waals surface area contributed by atoms with Gasteiger partial charge in [0.05, 0.1) is 10.7 Å². The summed E-state index contributed by atoms with van der Waals surface area (Å²) in [7, 11) is 0. The fraction of sp³-hybridized carbons (Fsp3) is 0.429. The number of rotatable bonds is 6. The standard InChI is InChI=1S/C21H24ClF2N3O/c1-2-15-3-5-17(26-12-15)13-25-14-21(24)7-9-27(10-8-21)20(28)16-4-6-19(23)18(22)11-16/h3-6,11-12,25H,2,7-10,13-14H2,1H3/i2D2,9D2,13D2,14D2. The lowest BCUT2D eigenvalue weighted by Crippen LogP contribution is -2.48. The smallest absolute Gasteiger partial charge is 0.253 e. The Kier molecular flexibility index (Phi) is 4.00. The van der Waals surface area contributed by atoms with E-state index in [4.69, 9.17) is 22.6 Å². The quantitative estimate of drug-likeness (QED) is 0.770. The van der Waals surface area contributed by atoms with E-state index in [2.05, 4.69) is 4.98 Å². The van der Waals surface area contributed by atoms with Crippen molar-refractivity contribution in [1.82, 2.24) is 15.2 Å². The molecule has 1 aromatic carbocycles. The molecular formula is C21H24ClF2N3O. The molecule has 150 valence electrons. The third-order valence-electron chi connectivity index (χ3n) is 4.22. The van der Waals surface area contributed by atoms with Crippen molar-refractivity contribution >= 4 is 17.5 Å². The Labute approximate surface area is 180 Å². The van der Waals surface area contributed by atoms with Crippen LogP contribution in [0.5, 0.6) is 0 Å². The number of likely N-dealkylation sites (tertiary alicyclic amines) is 1. The van der Waals surface area contributed by atoms with Crippen molar-refractivity contribution in [3.63, 3.8) is 0 Å². The zero-order chi connectivity index (χ0) is 27.3. The van der Waals surface area contributed by atoms with Gasteiger partial charge in [0.25, 0.3) is 5.91 Å². The molecule has 0 aliphatic carbocycles. The molecular weight excluding hydrogens is 384 g/mol. The number of carbonyl (C=O) groups is 1. The second-order valence-electron chi connectivity index (χ2n) is 6.19. The lowest BCUT2D eigenvalue weighted by Gasteiger charge is -2.36. The summed E-state index contributed by atoms with van der Waals surface area (Å²) in [4.78, 5) is 17.4. The van der Waals surface area contributed by atoms with Crippen LogP contribution in [0.1, 0.15) is 52.3 Å². The molecule has 1 saturated heterocycles. The molecule has 7 heteroatoms. The van der Waals surface area contributed by atoms with Crippen molar-refractivity contribution in [3.05, 3.63) is 64.2 Å². The molecule has 1 amide bonds. The number of carbonyl (C=O) groups excluding carboxylic acids is 1. The molecule has 1 aliphatic rings. The molecule has 4 nitrogen and oxygen atoms in total. The number of aromatic nitrogens is 1. The van der Waals surface area contributed by atoms with Gasteiger partial charge in [0.15, 0.2) is 0 Å². The molecule has 0 bridgehead atoms. The van der Waals surface area contributed by atoms with Crippen molar-refractivity contribution in [2.75, 3.05) is 19.5 Å². The summed E-state index contributed by atoms with van der Waals surface area (Å²) in [5, 5.41) is 1.60. The Morgan fingerprint density at radius 2 is 2.25 bits per heavy atom. The van der Waals surface area contributed by atoms with Gasteiger partial charge in [0, 0.05) is 61.6 Å². The normalized spacial score (nSPS) is 27.2. The number of aryl methyl sites for hydroxylation is 1. The highest BCUT2D eigenvalue weighted by Gasteiger charge is 2.35. The average Bonchev–Trinajstić information content (AvgIpc) is 2.73. The summed E-state index contributed by atoms with van der Waals surface area (Å²) in [6.07, 6.45) is -2.41. The lowest BCUT2D eigenvalue weighted by molar-refractivity contribution is 0.0434. The number of pyridine rings is 1. The number of nitrogens with one attached hydrogen (secondary N) is 1. The molecule has 3 rings (SSSR count). The van der Waals surface area contributed by atoms with Gasteiger partial charge in [-0.05, 0) is 36.2 Å². The number of hydrogen-bond donors (Lipinski definition) is 1. The van der Waals surface area contributed by atoms with Crippen LogP contribution in [0.2, 0.25) is 5.02 Å². The highest BCUT2D eigenvalue weighted by atomic mass is 35.5. The Morgan fingerprint density at radius 3 is 2.89 bits per heavy atom. The molecule has 1 unspecified atom stereocenters. The largest absolute Gasteiger partial charge is 0.338 e. The van der Waals surface area contributed by atoms with Crippen LogP contribution in [-0.2, 0) is 12.9 Å². The first kappa shape index (κ1) is 12.5. The van der Waals surface area contributed by atoms with Crippen LogP contribution in [0.15, 0.2) is 36.5 Å². The number of nitrogens with zero attached hydrogens (tertiary/aromatic N) is 2. The van der Waals surface area contributed by atoms with Gasteiger partial charge in [-0.1, -0.05) is 24.6 Å². The van der Waals surface area contributed by atoms with Gasteiger partial charge in [-0.15, -0.1) is 0 Å². The molecule has 28 heavy (non-hydrogen) atoms. The highest BCUT2D eigenvalue weighted by Crippen LogP contribution is 2.27. The first-order valence-electron chi connectivity index (χ1n) is 12.5. The van der Waals surface area contributed by atoms with Crippen molar-refractivity contribution in [3.8, 4) is 0 Å². The van der Waals surface area contributed by atoms with Crippen LogP contribution in [-0.4, -0.2) is 41.0 Å². The van der Waals surface area contributed by atoms with Gasteiger partial charge >= 0.3 is 0 Å². The average molecular weight is 416 g/mol. The highest BCUT2D eigenvalue weighted by molar-refractivity contribution is 6.31. The molecule has 0 radical (unpaired) electrons. The first-order chi connectivity index (χ1) is 16.3. The fourth-order valence-corrected chi connectivity index (χ4v) is 2.75. The van der Waals surface area contributed by atoms with Gasteiger partial charge in [-0.3, -0.25) is 9.78 Å². The predicted molar refractivity (Wildman–Crippen MR) is 106 cm³/mol. The predicted octanol–water partition coefficient (Wildman–Crippen LogP) is 4.17. The number of alkyl halides is 1. The molecule has 1 fully saturated rings. The van der Waals surface area contributed by atoms with E-state index in [1.54, 1.807) is 0 Å². The van der Waals surface area contributed by atoms with E-state index in [0.29, 0.717) is 4.90 Å². The van der Waals surface area contributed by atoms with E-state index in [-0.39, 0.29) is 21.8 Å². The van der Waals surface area contributed by atoms with E-state index in [0.717, 1.165) is 30.5 Å². The summed E-state index contributed by atoms with van der Waals surface area (Å²) in [5.74, 6) is -1.66. The van der Waals surface area contributed by atoms with E-state index in [9.17, 15) is 9.18 Å². The number of amides is 1. The molecule has 2 heterocycles. The Balaban J connectivity index is 1.80. The summed E-state index contributed by atoms with van der Waals surface area (Å²) in [6.45, 7) is -7.72. The molecule has 0 spiro atoms. The van der Waals surface area contributed by atoms with Crippen LogP contribution in [0, 0.1) is 5.82 Å². The summed E-state index contributed by atoms with van der Waals surface area (Å²) in [6, 6.07) is 5.50.